The molecule has 1 nitrogen and oxygen atoms in total. The van der Waals surface area contributed by atoms with Crippen LogP contribution in [0.5, 0.6) is 0 Å². The van der Waals surface area contributed by atoms with Crippen LogP contribution in [0.25, 0.3) is 0 Å². The molecule has 2 rings (SSSR count). The first kappa shape index (κ1) is 13.2. The van der Waals surface area contributed by atoms with Crippen LogP contribution in [0.2, 0.25) is 0 Å². The van der Waals surface area contributed by atoms with Gasteiger partial charge in [0.2, 0.25) is 0 Å². The van der Waals surface area contributed by atoms with Crippen LogP contribution in [0.3, 0.4) is 0 Å². The molecule has 0 unspecified atom stereocenters. The van der Waals surface area contributed by atoms with Crippen molar-refractivity contribution in [1.82, 2.24) is 0 Å². The summed E-state index contributed by atoms with van der Waals surface area (Å²) < 4.78 is 5.83. The SMILES string of the molecule is C[C@@H](CSc1ccccc1)OCc1ccccc1. The van der Waals surface area contributed by atoms with Gasteiger partial charge in [0.05, 0.1) is 12.7 Å². The summed E-state index contributed by atoms with van der Waals surface area (Å²) in [4.78, 5) is 1.30. The molecule has 2 aromatic carbocycles. The van der Waals surface area contributed by atoms with Crippen LogP contribution in [-0.2, 0) is 11.3 Å². The van der Waals surface area contributed by atoms with Crippen molar-refractivity contribution in [3.63, 3.8) is 0 Å². The van der Waals surface area contributed by atoms with Crippen molar-refractivity contribution in [3.05, 3.63) is 66.2 Å². The highest BCUT2D eigenvalue weighted by atomic mass is 32.2. The van der Waals surface area contributed by atoms with Crippen molar-refractivity contribution >= 4 is 11.8 Å². The van der Waals surface area contributed by atoms with E-state index in [4.69, 9.17) is 4.74 Å². The Morgan fingerprint density at radius 2 is 1.56 bits per heavy atom. The van der Waals surface area contributed by atoms with Gasteiger partial charge in [-0.05, 0) is 24.6 Å². The lowest BCUT2D eigenvalue weighted by Gasteiger charge is -2.12. The fourth-order valence-electron chi connectivity index (χ4n) is 1.59. The Bertz CT molecular complexity index is 398. The van der Waals surface area contributed by atoms with Gasteiger partial charge in [-0.3, -0.25) is 0 Å². The van der Waals surface area contributed by atoms with Gasteiger partial charge in [0.1, 0.15) is 0 Å². The number of rotatable bonds is 6. The van der Waals surface area contributed by atoms with Crippen LogP contribution in [0.4, 0.5) is 0 Å². The van der Waals surface area contributed by atoms with Gasteiger partial charge in [0.15, 0.2) is 0 Å². The topological polar surface area (TPSA) is 9.23 Å². The van der Waals surface area contributed by atoms with E-state index in [1.54, 1.807) is 0 Å². The van der Waals surface area contributed by atoms with Gasteiger partial charge >= 0.3 is 0 Å². The Morgan fingerprint density at radius 3 is 2.22 bits per heavy atom. The molecule has 0 spiro atoms. The van der Waals surface area contributed by atoms with Crippen molar-refractivity contribution in [3.8, 4) is 0 Å². The van der Waals surface area contributed by atoms with E-state index in [0.717, 1.165) is 5.75 Å². The van der Waals surface area contributed by atoms with Gasteiger partial charge in [0, 0.05) is 10.6 Å². The third kappa shape index (κ3) is 4.55. The van der Waals surface area contributed by atoms with Gasteiger partial charge in [-0.25, -0.2) is 0 Å². The fourth-order valence-corrected chi connectivity index (χ4v) is 2.46. The second-order valence-electron chi connectivity index (χ2n) is 4.23. The van der Waals surface area contributed by atoms with Crippen molar-refractivity contribution < 1.29 is 4.74 Å². The van der Waals surface area contributed by atoms with Crippen LogP contribution in [0.1, 0.15) is 12.5 Å². The highest BCUT2D eigenvalue weighted by Gasteiger charge is 2.03. The second kappa shape index (κ2) is 7.24. The lowest BCUT2D eigenvalue weighted by Crippen LogP contribution is -2.10. The smallest absolute Gasteiger partial charge is 0.0720 e. The molecular weight excluding hydrogens is 240 g/mol. The molecule has 1 atom stereocenters. The van der Waals surface area contributed by atoms with Crippen molar-refractivity contribution in [2.45, 2.75) is 24.5 Å². The van der Waals surface area contributed by atoms with Gasteiger partial charge in [-0.1, -0.05) is 48.5 Å². The average Bonchev–Trinajstić information content (AvgIpc) is 2.45. The molecule has 94 valence electrons. The molecule has 0 N–H and O–H groups in total. The predicted molar refractivity (Wildman–Crippen MR) is 77.9 cm³/mol. The van der Waals surface area contributed by atoms with Gasteiger partial charge in [0.25, 0.3) is 0 Å². The zero-order valence-electron chi connectivity index (χ0n) is 10.6. The quantitative estimate of drug-likeness (QED) is 0.711. The minimum Gasteiger partial charge on any atom is -0.373 e. The Kier molecular flexibility index (Phi) is 5.31. The molecule has 0 aromatic heterocycles. The van der Waals surface area contributed by atoms with Gasteiger partial charge in [-0.15, -0.1) is 11.8 Å². The molecule has 0 aliphatic rings. The van der Waals surface area contributed by atoms with E-state index in [1.807, 2.05) is 36.0 Å². The molecule has 0 aliphatic carbocycles. The summed E-state index contributed by atoms with van der Waals surface area (Å²) in [6, 6.07) is 20.7. The van der Waals surface area contributed by atoms with E-state index in [0.29, 0.717) is 6.61 Å². The van der Waals surface area contributed by atoms with Gasteiger partial charge in [-0.2, -0.15) is 0 Å². The molecule has 0 aliphatic heterocycles. The maximum Gasteiger partial charge on any atom is 0.0720 e. The Labute approximate surface area is 113 Å². The van der Waals surface area contributed by atoms with Crippen LogP contribution < -0.4 is 0 Å². The molecule has 18 heavy (non-hydrogen) atoms. The summed E-state index contributed by atoms with van der Waals surface area (Å²) in [5.41, 5.74) is 1.23. The lowest BCUT2D eigenvalue weighted by atomic mass is 10.2. The molecule has 0 radical (unpaired) electrons. The lowest BCUT2D eigenvalue weighted by molar-refractivity contribution is 0.0688. The summed E-state index contributed by atoms with van der Waals surface area (Å²) in [5, 5.41) is 0. The first-order valence-electron chi connectivity index (χ1n) is 6.18. The standard InChI is InChI=1S/C16H18OS/c1-14(13-18-16-10-6-3-7-11-16)17-12-15-8-4-2-5-9-15/h2-11,14H,12-13H2,1H3/t14-/m0/s1. The van der Waals surface area contributed by atoms with Crippen LogP contribution in [-0.4, -0.2) is 11.9 Å². The van der Waals surface area contributed by atoms with E-state index < -0.39 is 0 Å². The van der Waals surface area contributed by atoms with Gasteiger partial charge < -0.3 is 4.74 Å². The zero-order chi connectivity index (χ0) is 12.6. The predicted octanol–water partition coefficient (Wildman–Crippen LogP) is 4.38. The maximum absolute atomic E-state index is 5.83. The van der Waals surface area contributed by atoms with Crippen molar-refractivity contribution in [1.29, 1.82) is 0 Å². The van der Waals surface area contributed by atoms with Crippen molar-refractivity contribution in [2.24, 2.45) is 0 Å². The largest absolute Gasteiger partial charge is 0.373 e. The number of ether oxygens (including phenoxy) is 1. The summed E-state index contributed by atoms with van der Waals surface area (Å²) in [7, 11) is 0. The number of hydrogen-bond donors (Lipinski definition) is 0. The molecule has 0 saturated carbocycles. The normalized spacial score (nSPS) is 12.3. The summed E-state index contributed by atoms with van der Waals surface area (Å²) in [5.74, 6) is 0.983. The third-order valence-corrected chi connectivity index (χ3v) is 3.85. The monoisotopic (exact) mass is 258 g/mol. The van der Waals surface area contributed by atoms with Crippen LogP contribution in [0, 0.1) is 0 Å². The molecular formula is C16H18OS. The molecule has 0 amide bonds. The Morgan fingerprint density at radius 1 is 0.944 bits per heavy atom. The van der Waals surface area contributed by atoms with E-state index >= 15 is 0 Å². The highest BCUT2D eigenvalue weighted by molar-refractivity contribution is 7.99. The van der Waals surface area contributed by atoms with E-state index in [9.17, 15) is 0 Å². The fraction of sp³-hybridized carbons (Fsp3) is 0.250. The van der Waals surface area contributed by atoms with Crippen LogP contribution in [0.15, 0.2) is 65.6 Å². The number of thioether (sulfide) groups is 1. The Hall–Kier alpha value is -1.25. The van der Waals surface area contributed by atoms with E-state index in [-0.39, 0.29) is 6.10 Å². The summed E-state index contributed by atoms with van der Waals surface area (Å²) in [6.45, 7) is 2.82. The summed E-state index contributed by atoms with van der Waals surface area (Å²) in [6.07, 6.45) is 0.260. The second-order valence-corrected chi connectivity index (χ2v) is 5.32. The van der Waals surface area contributed by atoms with E-state index in [2.05, 4.69) is 43.3 Å². The summed E-state index contributed by atoms with van der Waals surface area (Å²) >= 11 is 1.84. The first-order chi connectivity index (χ1) is 8.84. The van der Waals surface area contributed by atoms with Crippen molar-refractivity contribution in [2.75, 3.05) is 5.75 Å². The number of hydrogen-bond acceptors (Lipinski definition) is 2. The first-order valence-corrected chi connectivity index (χ1v) is 7.16. The minimum absolute atomic E-state index is 0.260. The average molecular weight is 258 g/mol. The molecule has 0 saturated heterocycles. The van der Waals surface area contributed by atoms with Crippen LogP contribution >= 0.6 is 11.8 Å². The van der Waals surface area contributed by atoms with E-state index in [1.165, 1.54) is 10.5 Å². The molecule has 0 heterocycles. The molecule has 0 fully saturated rings. The molecule has 2 heteroatoms. The Balaban J connectivity index is 1.71. The zero-order valence-corrected chi connectivity index (χ0v) is 11.4. The minimum atomic E-state index is 0.260. The maximum atomic E-state index is 5.83. The third-order valence-electron chi connectivity index (χ3n) is 2.61. The number of benzene rings is 2. The molecule has 2 aromatic rings. The highest BCUT2D eigenvalue weighted by Crippen LogP contribution is 2.19. The molecule has 0 bridgehead atoms.